The summed E-state index contributed by atoms with van der Waals surface area (Å²) in [5.74, 6) is 5.62. The summed E-state index contributed by atoms with van der Waals surface area (Å²) in [5.41, 5.74) is 3.49. The Morgan fingerprint density at radius 2 is 1.28 bits per heavy atom. The third-order valence-corrected chi connectivity index (χ3v) is 35.8. The number of hydrogen-bond acceptors (Lipinski definition) is 0. The molecule has 4 saturated carbocycles. The molecule has 4 aliphatic carbocycles. The molecule has 0 heterocycles. The molecule has 0 aromatic heterocycles. The quantitative estimate of drug-likeness (QED) is 0.194. The molecule has 0 aromatic rings. The van der Waals surface area contributed by atoms with E-state index in [0.717, 1.165) is 40.7 Å². The van der Waals surface area contributed by atoms with E-state index in [1.807, 2.05) is 0 Å². The van der Waals surface area contributed by atoms with Crippen molar-refractivity contribution in [2.45, 2.75) is 146 Å². The summed E-state index contributed by atoms with van der Waals surface area (Å²) in [6.07, 6.45) is 18.9. The van der Waals surface area contributed by atoms with E-state index in [0.29, 0.717) is 0 Å². The zero-order chi connectivity index (χ0) is 22.6. The van der Waals surface area contributed by atoms with E-state index in [4.69, 9.17) is 0 Å². The van der Waals surface area contributed by atoms with Gasteiger partial charge < -0.3 is 29.7 Å². The second kappa shape index (κ2) is 15.0. The van der Waals surface area contributed by atoms with Gasteiger partial charge >= 0.3 is 26.2 Å². The van der Waals surface area contributed by atoms with E-state index < -0.39 is 23.3 Å². The Morgan fingerprint density at radius 3 is 1.86 bits per heavy atom. The Bertz CT molecular complexity index is 625. The SMILES string of the molecule is CCCCC1CCC([Si](C)(C)[Si](C)(C)C2CCC3C2CC2CCCC2C3[Si](C)(C)C)C1.[CH3-].[CH3-].[CH3-].[CH3-].[Zr+4]. The van der Waals surface area contributed by atoms with Gasteiger partial charge in [-0.25, -0.2) is 0 Å². The monoisotopic (exact) mass is 626 g/mol. The first-order chi connectivity index (χ1) is 14.5. The van der Waals surface area contributed by atoms with Gasteiger partial charge in [0.1, 0.15) is 0 Å². The molecule has 0 N–H and O–H groups in total. The van der Waals surface area contributed by atoms with Crippen LogP contribution < -0.4 is 0 Å². The van der Waals surface area contributed by atoms with Crippen molar-refractivity contribution in [2.75, 3.05) is 0 Å². The summed E-state index contributed by atoms with van der Waals surface area (Å²) in [7, 11) is -3.47. The van der Waals surface area contributed by atoms with Crippen LogP contribution in [0.25, 0.3) is 0 Å². The standard InChI is InChI=1S/C28H56Si3.4CH3.Zr/c1-9-10-12-21-15-16-23(19-21)30(5,6)31(7,8)27-18-17-25-26(27)20-22-13-11-14-24(22)28(25)29(2,3)4;;;;;/h21-28H,9-20H2,1-8H3;4*1H3;/q;4*-1;+4. The average Bonchev–Trinajstić information content (AvgIpc) is 3.41. The van der Waals surface area contributed by atoms with Gasteiger partial charge in [-0.1, -0.05) is 123 Å². The normalized spacial score (nSPS) is 35.7. The van der Waals surface area contributed by atoms with Gasteiger partial charge in [-0.05, 0) is 52.6 Å². The predicted molar refractivity (Wildman–Crippen MR) is 174 cm³/mol. The molecule has 0 saturated heterocycles. The topological polar surface area (TPSA) is 0 Å². The van der Waals surface area contributed by atoms with E-state index in [2.05, 4.69) is 52.8 Å². The largest absolute Gasteiger partial charge is 4.00 e. The first-order valence-corrected chi connectivity index (χ1v) is 25.2. The summed E-state index contributed by atoms with van der Waals surface area (Å²) in [5, 5.41) is 0. The molecule has 4 fully saturated rings. The van der Waals surface area contributed by atoms with Crippen LogP contribution in [0.5, 0.6) is 0 Å². The van der Waals surface area contributed by atoms with Crippen molar-refractivity contribution < 1.29 is 26.2 Å². The Balaban J connectivity index is 0. The fraction of sp³-hybridized carbons (Fsp3) is 0.875. The molecule has 8 unspecified atom stereocenters. The minimum atomic E-state index is -1.21. The van der Waals surface area contributed by atoms with Crippen molar-refractivity contribution in [1.82, 2.24) is 0 Å². The smallest absolute Gasteiger partial charge is 0.358 e. The number of fused-ring (bicyclic) bond motifs is 2. The number of rotatable bonds is 7. The van der Waals surface area contributed by atoms with E-state index in [-0.39, 0.29) is 55.9 Å². The molecule has 0 amide bonds. The van der Waals surface area contributed by atoms with Crippen molar-refractivity contribution in [3.8, 4) is 0 Å². The van der Waals surface area contributed by atoms with E-state index in [1.54, 1.807) is 57.8 Å². The summed E-state index contributed by atoms with van der Waals surface area (Å²) in [6.45, 7) is 22.2. The van der Waals surface area contributed by atoms with E-state index >= 15 is 0 Å². The Kier molecular flexibility index (Phi) is 16.5. The minimum absolute atomic E-state index is 0. The van der Waals surface area contributed by atoms with Gasteiger partial charge in [0.15, 0.2) is 0 Å². The third kappa shape index (κ3) is 7.23. The van der Waals surface area contributed by atoms with Crippen LogP contribution in [0.2, 0.25) is 62.5 Å². The van der Waals surface area contributed by atoms with Gasteiger partial charge in [0.05, 0.1) is 0 Å². The molecule has 4 rings (SSSR count). The zero-order valence-corrected chi connectivity index (χ0v) is 32.6. The van der Waals surface area contributed by atoms with Crippen molar-refractivity contribution in [3.63, 3.8) is 0 Å². The van der Waals surface area contributed by atoms with E-state index in [1.165, 1.54) is 24.8 Å². The summed E-state index contributed by atoms with van der Waals surface area (Å²) < 4.78 is 0. The molecule has 0 aromatic carbocycles. The first-order valence-electron chi connectivity index (χ1n) is 14.5. The third-order valence-electron chi connectivity index (χ3n) is 12.2. The van der Waals surface area contributed by atoms with Gasteiger partial charge in [-0.15, -0.1) is 0 Å². The maximum atomic E-state index is 2.93. The molecule has 0 bridgehead atoms. The second-order valence-corrected chi connectivity index (χ2v) is 36.5. The average molecular weight is 628 g/mol. The molecule has 4 heteroatoms. The fourth-order valence-corrected chi connectivity index (χ4v) is 27.5. The van der Waals surface area contributed by atoms with Crippen LogP contribution in [-0.4, -0.2) is 23.3 Å². The maximum Gasteiger partial charge on any atom is 4.00 e. The number of hydrogen-bond donors (Lipinski definition) is 0. The van der Waals surface area contributed by atoms with Gasteiger partial charge in [-0.3, -0.25) is 0 Å². The van der Waals surface area contributed by atoms with Gasteiger partial charge in [0.2, 0.25) is 0 Å². The van der Waals surface area contributed by atoms with Crippen LogP contribution in [0.4, 0.5) is 0 Å². The minimum Gasteiger partial charge on any atom is -0.358 e. The molecule has 0 aliphatic heterocycles. The molecule has 0 radical (unpaired) electrons. The molecule has 212 valence electrons. The van der Waals surface area contributed by atoms with Crippen LogP contribution in [0.3, 0.4) is 0 Å². The Hall–Kier alpha value is 1.53. The molecule has 8 atom stereocenters. The second-order valence-electron chi connectivity index (χ2n) is 15.0. The Morgan fingerprint density at radius 1 is 0.639 bits per heavy atom. The van der Waals surface area contributed by atoms with E-state index in [9.17, 15) is 0 Å². The van der Waals surface area contributed by atoms with Crippen molar-refractivity contribution in [2.24, 2.45) is 29.6 Å². The van der Waals surface area contributed by atoms with Crippen LogP contribution in [0, 0.1) is 59.3 Å². The van der Waals surface area contributed by atoms with Crippen molar-refractivity contribution in [3.05, 3.63) is 29.7 Å². The molecule has 0 nitrogen and oxygen atoms in total. The summed E-state index contributed by atoms with van der Waals surface area (Å²) >= 11 is 0. The van der Waals surface area contributed by atoms with Crippen LogP contribution in [0.15, 0.2) is 0 Å². The van der Waals surface area contributed by atoms with Gasteiger partial charge in [0.25, 0.3) is 0 Å². The zero-order valence-electron chi connectivity index (χ0n) is 27.1. The van der Waals surface area contributed by atoms with Gasteiger partial charge in [-0.2, -0.15) is 0 Å². The van der Waals surface area contributed by atoms with Gasteiger partial charge in [0, 0.05) is 23.3 Å². The Labute approximate surface area is 253 Å². The molecule has 36 heavy (non-hydrogen) atoms. The summed E-state index contributed by atoms with van der Waals surface area (Å²) in [4.78, 5) is 0. The van der Waals surface area contributed by atoms with Crippen LogP contribution in [-0.2, 0) is 26.2 Å². The number of unbranched alkanes of at least 4 members (excludes halogenated alkanes) is 1. The maximum absolute atomic E-state index is 2.93. The van der Waals surface area contributed by atoms with Crippen molar-refractivity contribution >= 4 is 23.3 Å². The predicted octanol–water partition coefficient (Wildman–Crippen LogP) is 11.6. The molecule has 4 aliphatic rings. The summed E-state index contributed by atoms with van der Waals surface area (Å²) in [6, 6.07) is 0. The van der Waals surface area contributed by atoms with Crippen LogP contribution in [0.1, 0.15) is 84.0 Å². The fourth-order valence-electron chi connectivity index (χ4n) is 10.1. The molecular formula is C32H68Si3Zr. The first kappa shape index (κ1) is 39.7. The van der Waals surface area contributed by atoms with Crippen LogP contribution >= 0.6 is 0 Å². The molecular weight excluding hydrogens is 560 g/mol. The van der Waals surface area contributed by atoms with Crippen molar-refractivity contribution in [1.29, 1.82) is 0 Å². The molecule has 0 spiro atoms.